The zero-order chi connectivity index (χ0) is 25.4. The molecule has 35 heavy (non-hydrogen) atoms. The van der Waals surface area contributed by atoms with E-state index in [1.165, 1.54) is 12.8 Å². The minimum absolute atomic E-state index is 0.241. The topological polar surface area (TPSA) is 87.5 Å². The summed E-state index contributed by atoms with van der Waals surface area (Å²) in [5.74, 6) is 2.44. The lowest BCUT2D eigenvalue weighted by molar-refractivity contribution is -0.143. The smallest absolute Gasteiger partial charge is 0.338 e. The fourth-order valence-corrected chi connectivity index (χ4v) is 4.60. The van der Waals surface area contributed by atoms with Gasteiger partial charge in [-0.1, -0.05) is 50.9 Å². The Labute approximate surface area is 212 Å². The maximum absolute atomic E-state index is 13.2. The van der Waals surface area contributed by atoms with Crippen molar-refractivity contribution in [2.24, 2.45) is 0 Å². The van der Waals surface area contributed by atoms with Gasteiger partial charge >= 0.3 is 5.97 Å². The number of thioether (sulfide) groups is 1. The Morgan fingerprint density at radius 1 is 1.17 bits per heavy atom. The van der Waals surface area contributed by atoms with Crippen LogP contribution in [-0.4, -0.2) is 46.3 Å². The molecule has 2 aromatic rings. The molecule has 192 valence electrons. The molecule has 1 unspecified atom stereocenters. The predicted molar refractivity (Wildman–Crippen MR) is 139 cm³/mol. The van der Waals surface area contributed by atoms with Crippen LogP contribution in [0, 0.1) is 0 Å². The first-order valence-corrected chi connectivity index (χ1v) is 13.5. The molecule has 2 heterocycles. The van der Waals surface area contributed by atoms with Crippen molar-refractivity contribution in [2.45, 2.75) is 84.0 Å². The number of methoxy groups -OCH3 is 1. The maximum Gasteiger partial charge on any atom is 0.338 e. The fraction of sp³-hybridized carbons (Fsp3) is 0.577. The van der Waals surface area contributed by atoms with E-state index in [1.54, 1.807) is 23.6 Å². The molecule has 8 nitrogen and oxygen atoms in total. The lowest BCUT2D eigenvalue weighted by Crippen LogP contribution is -2.30. The number of benzene rings is 1. The van der Waals surface area contributed by atoms with Gasteiger partial charge in [-0.3, -0.25) is 0 Å². The number of allylic oxidation sites excluding steroid dienone is 1. The van der Waals surface area contributed by atoms with Gasteiger partial charge in [-0.25, -0.2) is 9.48 Å². The quantitative estimate of drug-likeness (QED) is 0.203. The number of esters is 1. The molecule has 0 amide bonds. The van der Waals surface area contributed by atoms with Crippen LogP contribution in [0.2, 0.25) is 0 Å². The minimum Gasteiger partial charge on any atom is -0.493 e. The van der Waals surface area contributed by atoms with Crippen molar-refractivity contribution in [1.29, 1.82) is 0 Å². The predicted octanol–water partition coefficient (Wildman–Crippen LogP) is 5.99. The average Bonchev–Trinajstić information content (AvgIpc) is 3.23. The number of hydrogen-bond donors (Lipinski definition) is 1. The van der Waals surface area contributed by atoms with Crippen LogP contribution in [0.1, 0.15) is 78.3 Å². The first-order chi connectivity index (χ1) is 16.9. The molecule has 1 aliphatic heterocycles. The minimum atomic E-state index is -0.506. The molecule has 1 aliphatic rings. The van der Waals surface area contributed by atoms with Crippen molar-refractivity contribution in [3.63, 3.8) is 0 Å². The van der Waals surface area contributed by atoms with E-state index in [4.69, 9.17) is 19.3 Å². The normalized spacial score (nSPS) is 15.1. The molecule has 0 spiro atoms. The highest BCUT2D eigenvalue weighted by Crippen LogP contribution is 2.40. The van der Waals surface area contributed by atoms with Gasteiger partial charge in [0, 0.05) is 11.4 Å². The van der Waals surface area contributed by atoms with Crippen molar-refractivity contribution in [3.05, 3.63) is 35.0 Å². The summed E-state index contributed by atoms with van der Waals surface area (Å²) in [4.78, 5) is 17.9. The Kier molecular flexibility index (Phi) is 9.89. The number of aromatic nitrogens is 3. The summed E-state index contributed by atoms with van der Waals surface area (Å²) < 4.78 is 19.0. The Morgan fingerprint density at radius 3 is 2.66 bits per heavy atom. The van der Waals surface area contributed by atoms with E-state index in [0.29, 0.717) is 40.5 Å². The van der Waals surface area contributed by atoms with Gasteiger partial charge in [0.15, 0.2) is 11.5 Å². The molecule has 0 saturated carbocycles. The summed E-state index contributed by atoms with van der Waals surface area (Å²) in [5.41, 5.74) is 2.04. The van der Waals surface area contributed by atoms with Crippen LogP contribution in [0.25, 0.3) is 0 Å². The lowest BCUT2D eigenvalue weighted by Gasteiger charge is -2.29. The third-order valence-electron chi connectivity index (χ3n) is 5.59. The van der Waals surface area contributed by atoms with Gasteiger partial charge in [0.25, 0.3) is 0 Å². The van der Waals surface area contributed by atoms with Crippen molar-refractivity contribution in [2.75, 3.05) is 24.8 Å². The summed E-state index contributed by atoms with van der Waals surface area (Å²) in [7, 11) is 1.63. The third kappa shape index (κ3) is 6.72. The maximum atomic E-state index is 13.2. The summed E-state index contributed by atoms with van der Waals surface area (Å²) in [5, 5.41) is 8.66. The summed E-state index contributed by atoms with van der Waals surface area (Å²) in [6, 6.07) is 5.27. The summed E-state index contributed by atoms with van der Waals surface area (Å²) in [6.45, 7) is 10.5. The van der Waals surface area contributed by atoms with Crippen LogP contribution in [0.5, 0.6) is 11.5 Å². The number of ether oxygens (including phenoxy) is 3. The number of hydrogen-bond acceptors (Lipinski definition) is 8. The van der Waals surface area contributed by atoms with E-state index in [-0.39, 0.29) is 12.1 Å². The van der Waals surface area contributed by atoms with Crippen molar-refractivity contribution >= 4 is 23.7 Å². The highest BCUT2D eigenvalue weighted by atomic mass is 32.2. The van der Waals surface area contributed by atoms with Gasteiger partial charge in [0.1, 0.15) is 6.04 Å². The van der Waals surface area contributed by atoms with E-state index >= 15 is 0 Å². The summed E-state index contributed by atoms with van der Waals surface area (Å²) in [6.07, 6.45) is 5.31. The largest absolute Gasteiger partial charge is 0.493 e. The second-order valence-corrected chi connectivity index (χ2v) is 9.91. The molecule has 3 rings (SSSR count). The zero-order valence-corrected chi connectivity index (χ0v) is 22.5. The standard InChI is InChI=1S/C26H38N4O4S/c1-7-9-10-11-14-33-20-13-12-19(16-21(20)32-6)23-22(24(31)34-17(3)4)18(5)27-25-28-26(29-30(23)25)35-15-8-2/h12-13,16-17,23H,7-11,14-15H2,1-6H3,(H,27,28,29). The Balaban J connectivity index is 1.98. The van der Waals surface area contributed by atoms with Gasteiger partial charge in [0.05, 0.1) is 25.4 Å². The Hall–Kier alpha value is -2.68. The first kappa shape index (κ1) is 26.9. The highest BCUT2D eigenvalue weighted by molar-refractivity contribution is 7.99. The molecule has 1 aromatic heterocycles. The number of anilines is 1. The second-order valence-electron chi connectivity index (χ2n) is 8.85. The number of fused-ring (bicyclic) bond motifs is 1. The van der Waals surface area contributed by atoms with Crippen LogP contribution >= 0.6 is 11.8 Å². The number of unbranched alkanes of at least 4 members (excludes halogenated alkanes) is 3. The van der Waals surface area contributed by atoms with Gasteiger partial charge in [-0.2, -0.15) is 4.98 Å². The van der Waals surface area contributed by atoms with E-state index in [0.717, 1.165) is 30.6 Å². The molecule has 1 N–H and O–H groups in total. The molecule has 0 radical (unpaired) electrons. The number of rotatable bonds is 13. The third-order valence-corrected chi connectivity index (χ3v) is 6.63. The first-order valence-electron chi connectivity index (χ1n) is 12.5. The second kappa shape index (κ2) is 12.9. The lowest BCUT2D eigenvalue weighted by atomic mass is 9.95. The SMILES string of the molecule is CCCCCCOc1ccc(C2C(C(=O)OC(C)C)=C(C)Nc3nc(SCCC)nn32)cc1OC. The average molecular weight is 503 g/mol. The van der Waals surface area contributed by atoms with Crippen LogP contribution in [0.15, 0.2) is 34.6 Å². The fourth-order valence-electron chi connectivity index (χ4n) is 3.92. The van der Waals surface area contributed by atoms with Gasteiger partial charge in [0.2, 0.25) is 11.1 Å². The molecule has 9 heteroatoms. The van der Waals surface area contributed by atoms with Crippen LogP contribution in [0.3, 0.4) is 0 Å². The molecule has 0 bridgehead atoms. The zero-order valence-electron chi connectivity index (χ0n) is 21.7. The van der Waals surface area contributed by atoms with Gasteiger partial charge < -0.3 is 19.5 Å². The van der Waals surface area contributed by atoms with Crippen molar-refractivity contribution in [1.82, 2.24) is 14.8 Å². The number of carbonyl (C=O) groups excluding carboxylic acids is 1. The van der Waals surface area contributed by atoms with Crippen molar-refractivity contribution < 1.29 is 19.0 Å². The summed E-state index contributed by atoms with van der Waals surface area (Å²) >= 11 is 1.59. The Bertz CT molecular complexity index is 1030. The van der Waals surface area contributed by atoms with E-state index in [9.17, 15) is 4.79 Å². The van der Waals surface area contributed by atoms with E-state index < -0.39 is 6.04 Å². The molecular weight excluding hydrogens is 464 g/mol. The number of nitrogens with zero attached hydrogens (tertiary/aromatic N) is 3. The van der Waals surface area contributed by atoms with Gasteiger partial charge in [-0.05, 0) is 51.3 Å². The number of nitrogens with one attached hydrogen (secondary N) is 1. The van der Waals surface area contributed by atoms with Gasteiger partial charge in [-0.15, -0.1) is 5.10 Å². The molecule has 0 saturated heterocycles. The highest BCUT2D eigenvalue weighted by Gasteiger charge is 2.36. The Morgan fingerprint density at radius 2 is 1.97 bits per heavy atom. The van der Waals surface area contributed by atoms with E-state index in [2.05, 4.69) is 24.1 Å². The van der Waals surface area contributed by atoms with E-state index in [1.807, 2.05) is 39.0 Å². The molecular formula is C26H38N4O4S. The molecule has 0 fully saturated rings. The molecule has 1 aromatic carbocycles. The number of carbonyl (C=O) groups is 1. The van der Waals surface area contributed by atoms with Crippen LogP contribution < -0.4 is 14.8 Å². The van der Waals surface area contributed by atoms with Crippen LogP contribution in [0.4, 0.5) is 5.95 Å². The monoisotopic (exact) mass is 502 g/mol. The molecule has 0 aliphatic carbocycles. The van der Waals surface area contributed by atoms with Crippen LogP contribution in [-0.2, 0) is 9.53 Å². The molecule has 1 atom stereocenters. The van der Waals surface area contributed by atoms with Crippen molar-refractivity contribution in [3.8, 4) is 11.5 Å².